The molecule has 1 atom stereocenters. The molecule has 1 amide bonds. The molecule has 0 spiro atoms. The van der Waals surface area contributed by atoms with Crippen LogP contribution >= 0.6 is 12.4 Å². The normalized spacial score (nSPS) is 18.3. The van der Waals surface area contributed by atoms with Crippen LogP contribution < -0.4 is 10.6 Å². The summed E-state index contributed by atoms with van der Waals surface area (Å²) in [5.41, 5.74) is 0. The van der Waals surface area contributed by atoms with Crippen LogP contribution in [-0.2, 0) is 14.6 Å². The van der Waals surface area contributed by atoms with Gasteiger partial charge in [-0.05, 0) is 31.5 Å². The molecule has 1 aromatic carbocycles. The number of rotatable bonds is 5. The smallest absolute Gasteiger partial charge is 0.237 e. The topological polar surface area (TPSA) is 75.3 Å². The highest BCUT2D eigenvalue weighted by atomic mass is 35.5. The zero-order chi connectivity index (χ0) is 13.7. The molecule has 0 aliphatic carbocycles. The summed E-state index contributed by atoms with van der Waals surface area (Å²) in [6.07, 6.45) is 1.80. The summed E-state index contributed by atoms with van der Waals surface area (Å²) >= 11 is 0. The van der Waals surface area contributed by atoms with Crippen LogP contribution in [0.25, 0.3) is 0 Å². The Morgan fingerprint density at radius 2 is 2.00 bits per heavy atom. The van der Waals surface area contributed by atoms with Gasteiger partial charge in [0.05, 0.1) is 16.7 Å². The first kappa shape index (κ1) is 16.9. The van der Waals surface area contributed by atoms with E-state index < -0.39 is 9.84 Å². The third-order valence-electron chi connectivity index (χ3n) is 3.15. The van der Waals surface area contributed by atoms with Crippen molar-refractivity contribution >= 4 is 28.2 Å². The Labute approximate surface area is 125 Å². The molecule has 2 rings (SSSR count). The fourth-order valence-electron chi connectivity index (χ4n) is 2.09. The first-order valence-electron chi connectivity index (χ1n) is 6.38. The van der Waals surface area contributed by atoms with Crippen LogP contribution in [-0.4, -0.2) is 39.2 Å². The molecule has 7 heteroatoms. The van der Waals surface area contributed by atoms with Gasteiger partial charge in [0.1, 0.15) is 0 Å². The van der Waals surface area contributed by atoms with Crippen LogP contribution in [0.4, 0.5) is 0 Å². The highest BCUT2D eigenvalue weighted by molar-refractivity contribution is 7.91. The first-order valence-corrected chi connectivity index (χ1v) is 8.04. The predicted octanol–water partition coefficient (Wildman–Crippen LogP) is 0.750. The zero-order valence-corrected chi connectivity index (χ0v) is 12.7. The Morgan fingerprint density at radius 1 is 1.30 bits per heavy atom. The van der Waals surface area contributed by atoms with Crippen LogP contribution in [0.15, 0.2) is 35.2 Å². The number of carbonyl (C=O) groups is 1. The van der Waals surface area contributed by atoms with Crippen LogP contribution in [0, 0.1) is 0 Å². The summed E-state index contributed by atoms with van der Waals surface area (Å²) in [6, 6.07) is 8.11. The molecular weight excluding hydrogens is 300 g/mol. The average Bonchev–Trinajstić information content (AvgIpc) is 2.93. The molecular formula is C13H19ClN2O3S. The second-order valence-corrected chi connectivity index (χ2v) is 6.68. The number of benzene rings is 1. The van der Waals surface area contributed by atoms with E-state index in [1.165, 1.54) is 0 Å². The lowest BCUT2D eigenvalue weighted by Crippen LogP contribution is -2.42. The molecule has 1 heterocycles. The van der Waals surface area contributed by atoms with Crippen LogP contribution in [0.5, 0.6) is 0 Å². The zero-order valence-electron chi connectivity index (χ0n) is 11.0. The second kappa shape index (κ2) is 7.61. The van der Waals surface area contributed by atoms with Gasteiger partial charge in [0.15, 0.2) is 9.84 Å². The van der Waals surface area contributed by atoms with Gasteiger partial charge >= 0.3 is 0 Å². The Morgan fingerprint density at radius 3 is 2.60 bits per heavy atom. The maximum Gasteiger partial charge on any atom is 0.237 e. The maximum absolute atomic E-state index is 12.0. The summed E-state index contributed by atoms with van der Waals surface area (Å²) in [6.45, 7) is 0.995. The van der Waals surface area contributed by atoms with Gasteiger partial charge in [-0.25, -0.2) is 8.42 Å². The van der Waals surface area contributed by atoms with Crippen molar-refractivity contribution < 1.29 is 13.2 Å². The Kier molecular flexibility index (Phi) is 6.45. The molecule has 112 valence electrons. The number of halogens is 1. The van der Waals surface area contributed by atoms with E-state index >= 15 is 0 Å². The summed E-state index contributed by atoms with van der Waals surface area (Å²) in [4.78, 5) is 12.0. The van der Waals surface area contributed by atoms with Gasteiger partial charge in [-0.3, -0.25) is 4.79 Å². The third kappa shape index (κ3) is 4.47. The second-order valence-electron chi connectivity index (χ2n) is 4.57. The molecule has 1 aliphatic rings. The quantitative estimate of drug-likeness (QED) is 0.840. The van der Waals surface area contributed by atoms with E-state index in [1.807, 2.05) is 0 Å². The number of hydrogen-bond acceptors (Lipinski definition) is 4. The highest BCUT2D eigenvalue weighted by Crippen LogP contribution is 2.09. The SMILES string of the molecule is Cl.O=C(NCCS(=O)(=O)c1ccccc1)C1CCCN1. The van der Waals surface area contributed by atoms with Crippen LogP contribution in [0.2, 0.25) is 0 Å². The third-order valence-corrected chi connectivity index (χ3v) is 4.88. The Bertz CT molecular complexity index is 528. The molecule has 0 bridgehead atoms. The van der Waals surface area contributed by atoms with Gasteiger partial charge in [-0.1, -0.05) is 18.2 Å². The average molecular weight is 319 g/mol. The van der Waals surface area contributed by atoms with Gasteiger partial charge < -0.3 is 10.6 Å². The molecule has 1 aromatic rings. The van der Waals surface area contributed by atoms with Crippen molar-refractivity contribution in [3.63, 3.8) is 0 Å². The van der Waals surface area contributed by atoms with Crippen molar-refractivity contribution in [2.75, 3.05) is 18.8 Å². The molecule has 2 N–H and O–H groups in total. The number of sulfone groups is 1. The largest absolute Gasteiger partial charge is 0.354 e. The lowest BCUT2D eigenvalue weighted by Gasteiger charge is -2.11. The lowest BCUT2D eigenvalue weighted by atomic mass is 10.2. The van der Waals surface area contributed by atoms with Crippen molar-refractivity contribution in [3.05, 3.63) is 30.3 Å². The van der Waals surface area contributed by atoms with Crippen molar-refractivity contribution in [1.29, 1.82) is 0 Å². The molecule has 1 fully saturated rings. The van der Waals surface area contributed by atoms with Gasteiger partial charge in [0, 0.05) is 6.54 Å². The predicted molar refractivity (Wildman–Crippen MR) is 79.8 cm³/mol. The molecule has 1 aliphatic heterocycles. The van der Waals surface area contributed by atoms with Crippen molar-refractivity contribution in [2.45, 2.75) is 23.8 Å². The van der Waals surface area contributed by atoms with Gasteiger partial charge in [-0.2, -0.15) is 0 Å². The molecule has 0 saturated carbocycles. The van der Waals surface area contributed by atoms with Crippen molar-refractivity contribution in [1.82, 2.24) is 10.6 Å². The minimum Gasteiger partial charge on any atom is -0.354 e. The van der Waals surface area contributed by atoms with Crippen LogP contribution in [0.3, 0.4) is 0 Å². The molecule has 1 unspecified atom stereocenters. The van der Waals surface area contributed by atoms with E-state index in [1.54, 1.807) is 30.3 Å². The van der Waals surface area contributed by atoms with Crippen molar-refractivity contribution in [2.24, 2.45) is 0 Å². The summed E-state index contributed by atoms with van der Waals surface area (Å²) in [5.74, 6) is -0.184. The number of nitrogens with one attached hydrogen (secondary N) is 2. The monoisotopic (exact) mass is 318 g/mol. The molecule has 0 aromatic heterocycles. The van der Waals surface area contributed by atoms with Gasteiger partial charge in [0.2, 0.25) is 5.91 Å². The summed E-state index contributed by atoms with van der Waals surface area (Å²) < 4.78 is 23.9. The lowest BCUT2D eigenvalue weighted by molar-refractivity contribution is -0.122. The van der Waals surface area contributed by atoms with E-state index in [2.05, 4.69) is 10.6 Å². The number of carbonyl (C=O) groups excluding carboxylic acids is 1. The summed E-state index contributed by atoms with van der Waals surface area (Å²) in [5, 5.41) is 5.74. The minimum atomic E-state index is -3.31. The van der Waals surface area contributed by atoms with E-state index in [4.69, 9.17) is 0 Å². The maximum atomic E-state index is 12.0. The van der Waals surface area contributed by atoms with E-state index in [-0.39, 0.29) is 36.7 Å². The van der Waals surface area contributed by atoms with Crippen LogP contribution in [0.1, 0.15) is 12.8 Å². The first-order chi connectivity index (χ1) is 9.09. The number of amides is 1. The summed E-state index contributed by atoms with van der Waals surface area (Å²) in [7, 11) is -3.31. The standard InChI is InChI=1S/C13H18N2O3S.ClH/c16-13(12-7-4-8-14-12)15-9-10-19(17,18)11-5-2-1-3-6-11;/h1-3,5-6,12,14H,4,7-10H2,(H,15,16);1H. The van der Waals surface area contributed by atoms with Crippen molar-refractivity contribution in [3.8, 4) is 0 Å². The molecule has 5 nitrogen and oxygen atoms in total. The van der Waals surface area contributed by atoms with E-state index in [9.17, 15) is 13.2 Å². The minimum absolute atomic E-state index is 0. The highest BCUT2D eigenvalue weighted by Gasteiger charge is 2.22. The van der Waals surface area contributed by atoms with Gasteiger partial charge in [0.25, 0.3) is 0 Å². The fourth-order valence-corrected chi connectivity index (χ4v) is 3.26. The Balaban J connectivity index is 0.00000200. The molecule has 20 heavy (non-hydrogen) atoms. The molecule has 1 saturated heterocycles. The Hall–Kier alpha value is -1.11. The van der Waals surface area contributed by atoms with E-state index in [0.29, 0.717) is 4.90 Å². The number of hydrogen-bond donors (Lipinski definition) is 2. The fraction of sp³-hybridized carbons (Fsp3) is 0.462. The molecule has 0 radical (unpaired) electrons. The van der Waals surface area contributed by atoms with E-state index in [0.717, 1.165) is 19.4 Å². The van der Waals surface area contributed by atoms with Gasteiger partial charge in [-0.15, -0.1) is 12.4 Å².